The number of rotatable bonds is 11. The molecule has 1 saturated heterocycles. The summed E-state index contributed by atoms with van der Waals surface area (Å²) >= 11 is 0. The highest BCUT2D eigenvalue weighted by molar-refractivity contribution is 6.76. The van der Waals surface area contributed by atoms with Crippen LogP contribution in [-0.4, -0.2) is 82.0 Å². The van der Waals surface area contributed by atoms with Crippen LogP contribution in [0.5, 0.6) is 0 Å². The van der Waals surface area contributed by atoms with Gasteiger partial charge in [0, 0.05) is 65.8 Å². The van der Waals surface area contributed by atoms with Crippen LogP contribution in [0.1, 0.15) is 28.5 Å². The Bertz CT molecular complexity index is 1540. The van der Waals surface area contributed by atoms with E-state index in [1.165, 1.54) is 0 Å². The van der Waals surface area contributed by atoms with Crippen molar-refractivity contribution in [2.24, 2.45) is 0 Å². The number of piperazine rings is 1. The highest BCUT2D eigenvalue weighted by Crippen LogP contribution is 2.32. The molecule has 3 aromatic heterocycles. The molecule has 0 spiro atoms. The minimum absolute atomic E-state index is 0.174. The predicted octanol–water partition coefficient (Wildman–Crippen LogP) is 4.65. The first-order valence-corrected chi connectivity index (χ1v) is 18.2. The molecule has 1 aliphatic rings. The van der Waals surface area contributed by atoms with Crippen molar-refractivity contribution in [1.29, 1.82) is 0 Å². The number of carbonyl (C=O) groups is 1. The first-order valence-electron chi connectivity index (χ1n) is 14.5. The van der Waals surface area contributed by atoms with Gasteiger partial charge in [-0.15, -0.1) is 0 Å². The number of carbonyl (C=O) groups excluding carboxylic acids is 1. The minimum Gasteiger partial charge on any atom is -0.379 e. The van der Waals surface area contributed by atoms with E-state index < -0.39 is 49.0 Å². The van der Waals surface area contributed by atoms with E-state index in [-0.39, 0.29) is 25.0 Å². The standard InChI is InChI=1S/C28H36F6N8O3Si/c1-19(38-21-13-37-42(18-45-11-12-46(2,3)4)26(44)24(21)28(32,33)34)16-39-6-5-20(17-39)25(43)41-9-7-40(8-10-41)23-15-35-22(14-36-23)27(29,30)31/h5-6,13-15,17,19,38H,7-12,16,18H2,1-4H3. The van der Waals surface area contributed by atoms with Crippen LogP contribution in [0, 0.1) is 0 Å². The predicted molar refractivity (Wildman–Crippen MR) is 160 cm³/mol. The third-order valence-corrected chi connectivity index (χ3v) is 8.94. The quantitative estimate of drug-likeness (QED) is 0.178. The zero-order valence-corrected chi connectivity index (χ0v) is 26.8. The first kappa shape index (κ1) is 34.9. The van der Waals surface area contributed by atoms with Gasteiger partial charge in [-0.2, -0.15) is 31.4 Å². The first-order chi connectivity index (χ1) is 21.4. The molecular weight excluding hydrogens is 638 g/mol. The lowest BCUT2D eigenvalue weighted by atomic mass is 10.2. The van der Waals surface area contributed by atoms with Gasteiger partial charge < -0.3 is 24.4 Å². The summed E-state index contributed by atoms with van der Waals surface area (Å²) in [6.07, 6.45) is -3.63. The molecule has 1 N–H and O–H groups in total. The molecular formula is C28H36F6N8O3Si. The number of nitrogens with one attached hydrogen (secondary N) is 1. The summed E-state index contributed by atoms with van der Waals surface area (Å²) in [5.74, 6) is 0.0106. The van der Waals surface area contributed by atoms with Crippen LogP contribution in [0.3, 0.4) is 0 Å². The topological polar surface area (TPSA) is 110 Å². The van der Waals surface area contributed by atoms with Crippen molar-refractivity contribution in [1.82, 2.24) is 29.2 Å². The molecule has 0 aromatic carbocycles. The van der Waals surface area contributed by atoms with Gasteiger partial charge in [0.05, 0.1) is 29.8 Å². The molecule has 3 aromatic rings. The Morgan fingerprint density at radius 2 is 1.72 bits per heavy atom. The van der Waals surface area contributed by atoms with Gasteiger partial charge in [0.1, 0.15) is 18.1 Å². The Morgan fingerprint density at radius 1 is 1.02 bits per heavy atom. The number of alkyl halides is 6. The van der Waals surface area contributed by atoms with Gasteiger partial charge in [-0.1, -0.05) is 19.6 Å². The molecule has 1 amide bonds. The van der Waals surface area contributed by atoms with Gasteiger partial charge >= 0.3 is 12.4 Å². The maximum Gasteiger partial charge on any atom is 0.434 e. The third kappa shape index (κ3) is 9.08. The van der Waals surface area contributed by atoms with Crippen LogP contribution in [0.25, 0.3) is 0 Å². The van der Waals surface area contributed by atoms with Gasteiger partial charge in [0.2, 0.25) is 0 Å². The fourth-order valence-electron chi connectivity index (χ4n) is 4.75. The van der Waals surface area contributed by atoms with Crippen molar-refractivity contribution >= 4 is 25.5 Å². The average molecular weight is 675 g/mol. The molecule has 0 bridgehead atoms. The van der Waals surface area contributed by atoms with Crippen LogP contribution < -0.4 is 15.8 Å². The van der Waals surface area contributed by atoms with E-state index in [1.807, 2.05) is 0 Å². The maximum absolute atomic E-state index is 13.9. The zero-order valence-electron chi connectivity index (χ0n) is 25.8. The van der Waals surface area contributed by atoms with Gasteiger partial charge in [0.25, 0.3) is 11.5 Å². The monoisotopic (exact) mass is 674 g/mol. The Kier molecular flexibility index (Phi) is 10.5. The summed E-state index contributed by atoms with van der Waals surface area (Å²) in [4.78, 5) is 36.4. The van der Waals surface area contributed by atoms with Crippen molar-refractivity contribution in [2.45, 2.75) is 64.3 Å². The fourth-order valence-corrected chi connectivity index (χ4v) is 5.51. The average Bonchev–Trinajstić information content (AvgIpc) is 3.42. The second-order valence-corrected chi connectivity index (χ2v) is 17.9. The van der Waals surface area contributed by atoms with Crippen LogP contribution in [0.15, 0.2) is 41.8 Å². The van der Waals surface area contributed by atoms with Crippen LogP contribution in [0.2, 0.25) is 25.7 Å². The van der Waals surface area contributed by atoms with E-state index in [0.717, 1.165) is 18.4 Å². The minimum atomic E-state index is -4.93. The molecule has 11 nitrogen and oxygen atoms in total. The Labute approximate surface area is 262 Å². The van der Waals surface area contributed by atoms with E-state index in [9.17, 15) is 35.9 Å². The lowest BCUT2D eigenvalue weighted by Crippen LogP contribution is -2.49. The Hall–Kier alpha value is -3.93. The summed E-state index contributed by atoms with van der Waals surface area (Å²) in [6.45, 7) is 9.41. The molecule has 18 heteroatoms. The van der Waals surface area contributed by atoms with E-state index in [0.29, 0.717) is 49.2 Å². The van der Waals surface area contributed by atoms with Crippen molar-refractivity contribution < 1.29 is 35.9 Å². The number of nitrogens with zero attached hydrogens (tertiary/aromatic N) is 7. The van der Waals surface area contributed by atoms with Gasteiger partial charge in [-0.3, -0.25) is 9.59 Å². The molecule has 4 heterocycles. The lowest BCUT2D eigenvalue weighted by Gasteiger charge is -2.35. The molecule has 1 fully saturated rings. The molecule has 0 radical (unpaired) electrons. The molecule has 252 valence electrons. The summed E-state index contributed by atoms with van der Waals surface area (Å²) in [5, 5.41) is 6.61. The zero-order chi connectivity index (χ0) is 33.9. The van der Waals surface area contributed by atoms with Crippen molar-refractivity contribution in [3.05, 3.63) is 64.2 Å². The number of hydrogen-bond acceptors (Lipinski definition) is 8. The van der Waals surface area contributed by atoms with E-state index in [2.05, 4.69) is 40.0 Å². The molecule has 1 aliphatic heterocycles. The van der Waals surface area contributed by atoms with Gasteiger partial charge in [0.15, 0.2) is 5.69 Å². The maximum atomic E-state index is 13.9. The van der Waals surface area contributed by atoms with E-state index >= 15 is 0 Å². The number of anilines is 2. The van der Waals surface area contributed by atoms with Crippen molar-refractivity contribution in [3.8, 4) is 0 Å². The van der Waals surface area contributed by atoms with Crippen LogP contribution in [0.4, 0.5) is 37.8 Å². The Morgan fingerprint density at radius 3 is 2.30 bits per heavy atom. The largest absolute Gasteiger partial charge is 0.434 e. The number of halogens is 6. The van der Waals surface area contributed by atoms with Crippen LogP contribution >= 0.6 is 0 Å². The molecule has 1 unspecified atom stereocenters. The third-order valence-electron chi connectivity index (χ3n) is 7.24. The molecule has 0 aliphatic carbocycles. The summed E-state index contributed by atoms with van der Waals surface area (Å²) in [5.41, 5.74) is -3.85. The highest BCUT2D eigenvalue weighted by atomic mass is 28.3. The number of hydrogen-bond donors (Lipinski definition) is 1. The fraction of sp³-hybridized carbons (Fsp3) is 0.536. The number of amides is 1. The lowest BCUT2D eigenvalue weighted by molar-refractivity contribution is -0.141. The summed E-state index contributed by atoms with van der Waals surface area (Å²) in [6, 6.07) is 1.79. The summed E-state index contributed by atoms with van der Waals surface area (Å²) in [7, 11) is -1.42. The van der Waals surface area contributed by atoms with Crippen molar-refractivity contribution in [3.63, 3.8) is 0 Å². The number of aromatic nitrogens is 5. The SMILES string of the molecule is CC(Cn1ccc(C(=O)N2CCN(c3cnc(C(F)(F)F)cn3)CC2)c1)Nc1cnn(COCC[Si](C)(C)C)c(=O)c1C(F)(F)F. The molecule has 1 atom stereocenters. The molecule has 46 heavy (non-hydrogen) atoms. The van der Waals surface area contributed by atoms with Crippen molar-refractivity contribution in [2.75, 3.05) is 43.0 Å². The normalized spacial score (nSPS) is 15.3. The smallest absolute Gasteiger partial charge is 0.379 e. The molecule has 0 saturated carbocycles. The Balaban J connectivity index is 1.34. The second-order valence-electron chi connectivity index (χ2n) is 12.3. The molecule has 4 rings (SSSR count). The van der Waals surface area contributed by atoms with Crippen LogP contribution in [-0.2, 0) is 30.4 Å². The summed E-state index contributed by atoms with van der Waals surface area (Å²) < 4.78 is 87.9. The van der Waals surface area contributed by atoms with E-state index in [4.69, 9.17) is 4.74 Å². The second kappa shape index (κ2) is 13.8. The highest BCUT2D eigenvalue weighted by Gasteiger charge is 2.38. The van der Waals surface area contributed by atoms with Gasteiger partial charge in [-0.05, 0) is 19.0 Å². The van der Waals surface area contributed by atoms with E-state index in [1.54, 1.807) is 39.8 Å². The van der Waals surface area contributed by atoms with Gasteiger partial charge in [-0.25, -0.2) is 14.6 Å². The number of ether oxygens (including phenoxy) is 1.